The summed E-state index contributed by atoms with van der Waals surface area (Å²) in [4.78, 5) is 29.2. The molecule has 0 bridgehead atoms. The fourth-order valence-electron chi connectivity index (χ4n) is 7.94. The lowest BCUT2D eigenvalue weighted by atomic mass is 9.12. The van der Waals surface area contributed by atoms with Crippen LogP contribution in [0.4, 0.5) is 87.8 Å². The Bertz CT molecular complexity index is 3210. The van der Waals surface area contributed by atoms with Crippen molar-refractivity contribution in [2.75, 3.05) is 0 Å². The zero-order valence-corrected chi connectivity index (χ0v) is 36.3. The number of benzene rings is 7. The van der Waals surface area contributed by atoms with E-state index in [9.17, 15) is 62.3 Å². The predicted octanol–water partition coefficient (Wildman–Crippen LogP) is 9.98. The van der Waals surface area contributed by atoms with Crippen molar-refractivity contribution in [2.45, 2.75) is 6.54 Å². The Hall–Kier alpha value is -8.58. The summed E-state index contributed by atoms with van der Waals surface area (Å²) < 4.78 is 301. The molecule has 26 heteroatoms. The minimum absolute atomic E-state index is 0.0178. The fourth-order valence-corrected chi connectivity index (χ4v) is 7.94. The molecule has 0 spiro atoms. The highest BCUT2D eigenvalue weighted by molar-refractivity contribution is 7.20. The minimum Gasteiger partial charge on any atom is -0.419 e. The van der Waals surface area contributed by atoms with Crippen molar-refractivity contribution in [3.63, 3.8) is 0 Å². The van der Waals surface area contributed by atoms with Crippen molar-refractivity contribution in [3.05, 3.63) is 231 Å². The van der Waals surface area contributed by atoms with Gasteiger partial charge in [0, 0.05) is 5.56 Å². The molecule has 7 aromatic carbocycles. The van der Waals surface area contributed by atoms with Gasteiger partial charge in [0.05, 0.1) is 6.20 Å². The van der Waals surface area contributed by atoms with Crippen molar-refractivity contribution in [3.8, 4) is 16.9 Å². The second-order valence-corrected chi connectivity index (χ2v) is 15.5. The Balaban J connectivity index is 0.000000236. The molecular formula is C49H19BF20N2O3. The molecule has 1 heterocycles. The highest BCUT2D eigenvalue weighted by Crippen LogP contribution is 2.31. The summed E-state index contributed by atoms with van der Waals surface area (Å²) in [6.45, 7) is 0.0178. The first-order chi connectivity index (χ1) is 35.4. The number of Topliss-reactive ketones (excluding diaryl/α,β-unsaturated/α-hetero) is 1. The van der Waals surface area contributed by atoms with Crippen molar-refractivity contribution >= 4 is 39.7 Å². The van der Waals surface area contributed by atoms with Gasteiger partial charge in [-0.2, -0.15) is 4.57 Å². The summed E-state index contributed by atoms with van der Waals surface area (Å²) in [6.07, 6.45) is -2.69. The maximum Gasteiger partial charge on any atom is 0.410 e. The zero-order valence-electron chi connectivity index (χ0n) is 36.3. The minimum atomic E-state index is -7.22. The van der Waals surface area contributed by atoms with Crippen LogP contribution in [0.2, 0.25) is 0 Å². The van der Waals surface area contributed by atoms with E-state index in [1.807, 2.05) is 48.5 Å². The Morgan fingerprint density at radius 3 is 1.05 bits per heavy atom. The lowest BCUT2D eigenvalue weighted by molar-refractivity contribution is -0.686. The molecule has 75 heavy (non-hydrogen) atoms. The zero-order chi connectivity index (χ0) is 55.1. The number of carbonyl (C=O) groups is 2. The van der Waals surface area contributed by atoms with Gasteiger partial charge in [0.25, 0.3) is 0 Å². The van der Waals surface area contributed by atoms with Crippen LogP contribution in [0.5, 0.6) is 5.75 Å². The molecule has 0 radical (unpaired) electrons. The van der Waals surface area contributed by atoms with Crippen LogP contribution in [-0.2, 0) is 6.54 Å². The Kier molecular flexibility index (Phi) is 15.3. The van der Waals surface area contributed by atoms with Gasteiger partial charge in [0.15, 0.2) is 76.0 Å². The number of hydrogen-bond acceptors (Lipinski definition) is 4. The number of hydrogen-bond donors (Lipinski definition) is 0. The van der Waals surface area contributed by atoms with Gasteiger partial charge in [-0.05, 0) is 23.3 Å². The number of esters is 1. The highest BCUT2D eigenvalue weighted by atomic mass is 19.2. The third-order valence-corrected chi connectivity index (χ3v) is 11.3. The molecule has 0 saturated heterocycles. The summed E-state index contributed by atoms with van der Waals surface area (Å²) in [5.74, 6) is -71.7. The van der Waals surface area contributed by atoms with Crippen molar-refractivity contribution in [1.82, 2.24) is 4.98 Å². The smallest absolute Gasteiger partial charge is 0.410 e. The van der Waals surface area contributed by atoms with E-state index in [2.05, 4.69) is 4.98 Å². The number of aromatic nitrogens is 2. The first kappa shape index (κ1) is 54.2. The summed E-state index contributed by atoms with van der Waals surface area (Å²) in [6, 6.07) is 26.2. The van der Waals surface area contributed by atoms with E-state index >= 15 is 35.1 Å². The van der Waals surface area contributed by atoms with E-state index in [4.69, 9.17) is 4.74 Å². The molecule has 0 aliphatic rings. The molecule has 8 rings (SSSR count). The third kappa shape index (κ3) is 9.28. The summed E-state index contributed by atoms with van der Waals surface area (Å²) in [5, 5.41) is 0. The van der Waals surface area contributed by atoms with Crippen molar-refractivity contribution in [1.29, 1.82) is 0 Å². The molecule has 0 saturated carbocycles. The van der Waals surface area contributed by atoms with E-state index in [0.717, 1.165) is 11.1 Å². The Morgan fingerprint density at radius 1 is 0.400 bits per heavy atom. The predicted molar refractivity (Wildman–Crippen MR) is 221 cm³/mol. The molecular weight excluding hydrogens is 1060 g/mol. The standard InChI is InChI=1S/C25H19N2O3.C24BF20/c28-24(21-9-5-2-6-10-21)18-27-16-15-26-17-23(27)25(29)30-22-13-11-20(12-14-22)19-7-3-1-4-8-19;26-5-1(6(27)14(35)21(42)13(5)34)25(2-7(28)15(36)22(43)16(37)8(2)29,3-9(30)17(38)23(44)18(39)10(3)31)4-11(32)19(40)24(45)20(41)12(4)33/h1-17H,18H2;/q+1;-1. The summed E-state index contributed by atoms with van der Waals surface area (Å²) in [5.41, 5.74) is -11.4. The number of halogens is 20. The van der Waals surface area contributed by atoms with Crippen LogP contribution in [0, 0.1) is 116 Å². The molecule has 5 nitrogen and oxygen atoms in total. The lowest BCUT2D eigenvalue weighted by Crippen LogP contribution is -2.81. The van der Waals surface area contributed by atoms with Gasteiger partial charge in [-0.15, -0.1) is 21.9 Å². The van der Waals surface area contributed by atoms with Gasteiger partial charge >= 0.3 is 11.7 Å². The molecule has 0 unspecified atom stereocenters. The van der Waals surface area contributed by atoms with E-state index in [-0.39, 0.29) is 18.0 Å². The van der Waals surface area contributed by atoms with Crippen LogP contribution in [-0.4, -0.2) is 22.9 Å². The van der Waals surface area contributed by atoms with Gasteiger partial charge < -0.3 is 4.74 Å². The molecule has 0 aliphatic heterocycles. The largest absolute Gasteiger partial charge is 0.419 e. The van der Waals surface area contributed by atoms with E-state index < -0.39 is 150 Å². The molecule has 0 aliphatic carbocycles. The number of carbonyl (C=O) groups excluding carboxylic acids is 2. The maximum absolute atomic E-state index is 15.4. The SMILES string of the molecule is Fc1c(F)c(F)c([B-](c2c(F)c(F)c(F)c(F)c2F)(c2c(F)c(F)c(F)c(F)c2F)c2c(F)c(F)c(F)c(F)c2F)c(F)c1F.O=C(C[n+]1ccncc1C(=O)Oc1ccc(-c2ccccc2)cc1)c1ccccc1. The number of rotatable bonds is 10. The highest BCUT2D eigenvalue weighted by Gasteiger charge is 2.52. The molecule has 8 aromatic rings. The number of nitrogens with zero attached hydrogens (tertiary/aromatic N) is 2. The lowest BCUT2D eigenvalue weighted by Gasteiger charge is -2.44. The fraction of sp³-hybridized carbons (Fsp3) is 0.0204. The van der Waals surface area contributed by atoms with Crippen LogP contribution >= 0.6 is 0 Å². The molecule has 0 atom stereocenters. The van der Waals surface area contributed by atoms with E-state index in [1.54, 1.807) is 47.2 Å². The molecule has 0 amide bonds. The first-order valence-corrected chi connectivity index (χ1v) is 20.4. The summed E-state index contributed by atoms with van der Waals surface area (Å²) >= 11 is 0. The number of ether oxygens (including phenoxy) is 1. The quantitative estimate of drug-likeness (QED) is 0.0200. The first-order valence-electron chi connectivity index (χ1n) is 20.4. The molecule has 1 aromatic heterocycles. The van der Waals surface area contributed by atoms with Crippen LogP contribution in [0.25, 0.3) is 11.1 Å². The van der Waals surface area contributed by atoms with Gasteiger partial charge in [0.2, 0.25) is 12.3 Å². The van der Waals surface area contributed by atoms with Gasteiger partial charge in [-0.1, -0.05) is 72.8 Å². The van der Waals surface area contributed by atoms with Crippen LogP contribution in [0.3, 0.4) is 0 Å². The second kappa shape index (κ2) is 21.1. The normalized spacial score (nSPS) is 11.4. The molecule has 0 fully saturated rings. The second-order valence-electron chi connectivity index (χ2n) is 15.5. The third-order valence-electron chi connectivity index (χ3n) is 11.3. The van der Waals surface area contributed by atoms with Crippen LogP contribution < -0.4 is 31.2 Å². The van der Waals surface area contributed by atoms with Gasteiger partial charge in [-0.3, -0.25) is 9.78 Å². The van der Waals surface area contributed by atoms with Gasteiger partial charge in [-0.25, -0.2) is 92.6 Å². The topological polar surface area (TPSA) is 60.1 Å². The average Bonchev–Trinajstić information content (AvgIpc) is 3.41. The molecule has 386 valence electrons. The van der Waals surface area contributed by atoms with Crippen LogP contribution in [0.15, 0.2) is 104 Å². The summed E-state index contributed by atoms with van der Waals surface area (Å²) in [7, 11) is 0. The van der Waals surface area contributed by atoms with Crippen molar-refractivity contribution in [2.24, 2.45) is 0 Å². The maximum atomic E-state index is 15.4. The van der Waals surface area contributed by atoms with Crippen molar-refractivity contribution < 1.29 is 107 Å². The number of ketones is 1. The average molecular weight is 1070 g/mol. The monoisotopic (exact) mass is 1070 g/mol. The Labute approximate surface area is 405 Å². The van der Waals surface area contributed by atoms with E-state index in [0.29, 0.717) is 11.3 Å². The van der Waals surface area contributed by atoms with Gasteiger partial charge in [0.1, 0.15) is 64.6 Å². The Morgan fingerprint density at radius 2 is 0.707 bits per heavy atom. The van der Waals surface area contributed by atoms with E-state index in [1.165, 1.54) is 12.4 Å². The molecule has 0 N–H and O–H groups in total. The van der Waals surface area contributed by atoms with Crippen LogP contribution in [0.1, 0.15) is 20.8 Å².